The van der Waals surface area contributed by atoms with Crippen LogP contribution in [0.3, 0.4) is 0 Å². The Hall–Kier alpha value is -2.82. The highest BCUT2D eigenvalue weighted by molar-refractivity contribution is 7.99. The lowest BCUT2D eigenvalue weighted by Crippen LogP contribution is -2.35. The highest BCUT2D eigenvalue weighted by Crippen LogP contribution is 2.35. The van der Waals surface area contributed by atoms with Gasteiger partial charge in [0.05, 0.1) is 0 Å². The summed E-state index contributed by atoms with van der Waals surface area (Å²) in [6.07, 6.45) is 4.94. The summed E-state index contributed by atoms with van der Waals surface area (Å²) in [6, 6.07) is 5.10. The van der Waals surface area contributed by atoms with Gasteiger partial charge in [-0.1, -0.05) is 23.4 Å². The van der Waals surface area contributed by atoms with Gasteiger partial charge in [0.2, 0.25) is 0 Å². The third kappa shape index (κ3) is 4.34. The van der Waals surface area contributed by atoms with Gasteiger partial charge >= 0.3 is 0 Å². The van der Waals surface area contributed by atoms with Crippen LogP contribution in [0.5, 0.6) is 0 Å². The van der Waals surface area contributed by atoms with Crippen LogP contribution < -0.4 is 5.56 Å². The minimum Gasteiger partial charge on any atom is -0.412 e. The predicted octanol–water partition coefficient (Wildman–Crippen LogP) is 2.26. The van der Waals surface area contributed by atoms with E-state index in [1.165, 1.54) is 5.57 Å². The van der Waals surface area contributed by atoms with Crippen molar-refractivity contribution in [2.75, 3.05) is 25.4 Å². The van der Waals surface area contributed by atoms with Crippen LogP contribution >= 0.6 is 11.8 Å². The maximum Gasteiger partial charge on any atom is 0.257 e. The minimum absolute atomic E-state index is 0. The van der Waals surface area contributed by atoms with Gasteiger partial charge in [0.25, 0.3) is 5.56 Å². The fourth-order valence-corrected chi connectivity index (χ4v) is 6.38. The molecule has 2 N–H and O–H groups in total. The van der Waals surface area contributed by atoms with Crippen LogP contribution in [0.2, 0.25) is 0 Å². The van der Waals surface area contributed by atoms with Crippen molar-refractivity contribution in [3.05, 3.63) is 74.5 Å². The van der Waals surface area contributed by atoms with Gasteiger partial charge in [0, 0.05) is 55.3 Å². The molecular weight excluding hydrogens is 467 g/mol. The Balaban J connectivity index is 0.00000253. The second-order valence-corrected chi connectivity index (χ2v) is 10.3. The summed E-state index contributed by atoms with van der Waals surface area (Å²) in [6.45, 7) is 6.13. The first-order chi connectivity index (χ1) is 16.6. The van der Waals surface area contributed by atoms with E-state index < -0.39 is 0 Å². The molecule has 2 aromatic heterocycles. The largest absolute Gasteiger partial charge is 0.412 e. The van der Waals surface area contributed by atoms with Gasteiger partial charge in [0.15, 0.2) is 11.0 Å². The third-order valence-electron chi connectivity index (χ3n) is 7.24. The molecule has 6 rings (SSSR count). The van der Waals surface area contributed by atoms with E-state index >= 15 is 0 Å². The monoisotopic (exact) mass is 496 g/mol. The normalized spacial score (nSPS) is 17.4. The van der Waals surface area contributed by atoms with E-state index in [1.807, 2.05) is 22.2 Å². The molecule has 0 spiro atoms. The van der Waals surface area contributed by atoms with Crippen molar-refractivity contribution in [1.29, 1.82) is 0 Å². The van der Waals surface area contributed by atoms with Crippen LogP contribution in [-0.4, -0.2) is 60.1 Å². The zero-order valence-electron chi connectivity index (χ0n) is 19.8. The molecule has 1 saturated heterocycles. The molecule has 0 atom stereocenters. The molecule has 0 radical (unpaired) electrons. The highest BCUT2D eigenvalue weighted by Gasteiger charge is 2.26. The van der Waals surface area contributed by atoms with Crippen LogP contribution in [0.25, 0.3) is 5.57 Å². The predicted molar refractivity (Wildman–Crippen MR) is 133 cm³/mol. The maximum atomic E-state index is 14.0. The lowest BCUT2D eigenvalue weighted by atomic mass is 9.89. The minimum atomic E-state index is -0.198. The van der Waals surface area contributed by atoms with E-state index in [9.17, 15) is 9.18 Å². The van der Waals surface area contributed by atoms with Gasteiger partial charge in [-0.15, -0.1) is 0 Å². The fourth-order valence-electron chi connectivity index (χ4n) is 5.40. The number of rotatable bonds is 3. The van der Waals surface area contributed by atoms with Crippen LogP contribution in [0.15, 0.2) is 40.1 Å². The van der Waals surface area contributed by atoms with E-state index in [4.69, 9.17) is 0 Å². The summed E-state index contributed by atoms with van der Waals surface area (Å²) in [5.74, 6) is 1.62. The number of hydrogen-bond acceptors (Lipinski definition) is 6. The first kappa shape index (κ1) is 23.9. The molecule has 35 heavy (non-hydrogen) atoms. The molecule has 0 saturated carbocycles. The quantitative estimate of drug-likeness (QED) is 0.516. The topological polar surface area (TPSA) is 100 Å². The van der Waals surface area contributed by atoms with Crippen LogP contribution in [0.1, 0.15) is 41.1 Å². The lowest BCUT2D eigenvalue weighted by molar-refractivity contribution is 0.259. The number of aryl methyl sites for hydroxylation is 3. The number of fused-ring (bicyclic) bond motifs is 3. The number of hydrogen-bond donors (Lipinski definition) is 0. The van der Waals surface area contributed by atoms with Crippen LogP contribution in [0, 0.1) is 12.7 Å². The molecule has 1 aromatic carbocycles. The molecule has 3 aromatic rings. The first-order valence-electron chi connectivity index (χ1n) is 11.9. The van der Waals surface area contributed by atoms with Gasteiger partial charge in [0.1, 0.15) is 12.1 Å². The number of piperidine rings is 1. The Morgan fingerprint density at radius 1 is 1.11 bits per heavy atom. The summed E-state index contributed by atoms with van der Waals surface area (Å²) in [4.78, 5) is 24.6. The van der Waals surface area contributed by atoms with Crippen LogP contribution in [-0.2, 0) is 25.9 Å². The zero-order chi connectivity index (χ0) is 23.2. The van der Waals surface area contributed by atoms with Gasteiger partial charge in [-0.25, -0.2) is 19.0 Å². The third-order valence-corrected chi connectivity index (χ3v) is 8.20. The van der Waals surface area contributed by atoms with Crippen LogP contribution in [0.4, 0.5) is 4.39 Å². The van der Waals surface area contributed by atoms with Crippen molar-refractivity contribution in [3.8, 4) is 0 Å². The van der Waals surface area contributed by atoms with Gasteiger partial charge in [-0.05, 0) is 55.9 Å². The first-order valence-corrected chi connectivity index (χ1v) is 12.9. The molecule has 3 aliphatic heterocycles. The molecule has 3 aliphatic rings. The molecule has 184 valence electrons. The summed E-state index contributed by atoms with van der Waals surface area (Å²) in [5, 5.41) is 5.27. The van der Waals surface area contributed by atoms with Gasteiger partial charge in [-0.2, -0.15) is 5.10 Å². The Labute approximate surface area is 207 Å². The average molecular weight is 497 g/mol. The molecule has 8 nitrogen and oxygen atoms in total. The Morgan fingerprint density at radius 3 is 2.77 bits per heavy atom. The molecule has 0 aliphatic carbocycles. The van der Waals surface area contributed by atoms with E-state index in [0.29, 0.717) is 6.54 Å². The molecule has 10 heteroatoms. The Morgan fingerprint density at radius 2 is 1.94 bits per heavy atom. The smallest absolute Gasteiger partial charge is 0.257 e. The number of likely N-dealkylation sites (tertiary alicyclic amines) is 1. The average Bonchev–Trinajstić information content (AvgIpc) is 3.47. The highest BCUT2D eigenvalue weighted by atomic mass is 32.2. The van der Waals surface area contributed by atoms with Crippen molar-refractivity contribution < 1.29 is 9.87 Å². The van der Waals surface area contributed by atoms with E-state index in [1.54, 1.807) is 30.2 Å². The molecular formula is C25H29FN6O2S. The fraction of sp³-hybridized carbons (Fsp3) is 0.440. The van der Waals surface area contributed by atoms with E-state index in [2.05, 4.69) is 20.0 Å². The number of halogens is 1. The molecule has 0 bridgehead atoms. The second-order valence-electron chi connectivity index (χ2n) is 9.19. The summed E-state index contributed by atoms with van der Waals surface area (Å²) in [5.41, 5.74) is 6.44. The Bertz CT molecular complexity index is 1350. The maximum absolute atomic E-state index is 14.0. The zero-order valence-corrected chi connectivity index (χ0v) is 20.6. The number of benzene rings is 1. The van der Waals surface area contributed by atoms with Crippen molar-refractivity contribution in [3.63, 3.8) is 0 Å². The lowest BCUT2D eigenvalue weighted by Gasteiger charge is -2.30. The van der Waals surface area contributed by atoms with Gasteiger partial charge in [-0.3, -0.25) is 9.36 Å². The molecule has 0 amide bonds. The molecule has 5 heterocycles. The summed E-state index contributed by atoms with van der Waals surface area (Å²) < 4.78 is 17.7. The van der Waals surface area contributed by atoms with Crippen molar-refractivity contribution in [1.82, 2.24) is 29.2 Å². The molecule has 1 fully saturated rings. The second kappa shape index (κ2) is 9.67. The van der Waals surface area contributed by atoms with Crippen molar-refractivity contribution in [2.45, 2.75) is 50.9 Å². The van der Waals surface area contributed by atoms with E-state index in [0.717, 1.165) is 96.6 Å². The van der Waals surface area contributed by atoms with Crippen molar-refractivity contribution in [2.24, 2.45) is 0 Å². The number of aromatic nitrogens is 5. The van der Waals surface area contributed by atoms with E-state index in [-0.39, 0.29) is 16.9 Å². The van der Waals surface area contributed by atoms with Gasteiger partial charge < -0.3 is 10.4 Å². The summed E-state index contributed by atoms with van der Waals surface area (Å²) >= 11 is 1.66. The number of nitrogens with zero attached hydrogens (tertiary/aromatic N) is 6. The SMILES string of the molecule is Cc1nc2n(c(=O)c1CCN1CCC(=C3c4ccc(F)cc4CCn4ncnc43)CC1)CCS2.O. The molecule has 0 unspecified atom stereocenters. The number of thioether (sulfide) groups is 1. The summed E-state index contributed by atoms with van der Waals surface area (Å²) in [7, 11) is 0. The Kier molecular flexibility index (Phi) is 6.61. The standard InChI is InChI=1S/C25H27FN6OS.H2O/c1-16-20(24(33)31-12-13-34-25(31)29-16)7-10-30-8-4-17(5-9-30)22-21-3-2-19(26)14-18(21)6-11-32-23(22)27-15-28-32;/h2-3,14-15H,4-13H2,1H3;1H2. The van der Waals surface area contributed by atoms with Crippen molar-refractivity contribution >= 4 is 17.3 Å².